The van der Waals surface area contributed by atoms with Crippen molar-refractivity contribution < 1.29 is 24.0 Å². The number of thiophene rings is 1. The minimum Gasteiger partial charge on any atom is -0.462 e. The summed E-state index contributed by atoms with van der Waals surface area (Å²) in [5.74, 6) is -0.563. The fraction of sp³-hybridized carbons (Fsp3) is 0.455. The average Bonchev–Trinajstić information content (AvgIpc) is 2.97. The second-order valence-corrected chi connectivity index (χ2v) is 10.0. The number of quaternary nitrogens is 1. The number of carbonyl (C=O) groups excluding carboxylic acids is 2. The summed E-state index contributed by atoms with van der Waals surface area (Å²) in [6.45, 7) is 9.99. The number of aryl methyl sites for hydroxylation is 1. The lowest BCUT2D eigenvalue weighted by atomic mass is 10.0. The van der Waals surface area contributed by atoms with Gasteiger partial charge in [0.25, 0.3) is 5.91 Å². The summed E-state index contributed by atoms with van der Waals surface area (Å²) >= 11 is 4.92. The molecule has 0 aliphatic carbocycles. The van der Waals surface area contributed by atoms with Crippen molar-refractivity contribution in [1.82, 2.24) is 0 Å². The normalized spacial score (nSPS) is 21.3. The van der Waals surface area contributed by atoms with Crippen molar-refractivity contribution in [2.75, 3.05) is 31.6 Å². The fourth-order valence-corrected chi connectivity index (χ4v) is 5.67. The lowest BCUT2D eigenvalue weighted by Crippen LogP contribution is -3.16. The second-order valence-electron chi connectivity index (χ2n) is 7.68. The Labute approximate surface area is 189 Å². The monoisotopic (exact) mass is 495 g/mol. The molecule has 1 aliphatic heterocycles. The Bertz CT molecular complexity index is 903. The van der Waals surface area contributed by atoms with Gasteiger partial charge in [0.2, 0.25) is 0 Å². The molecule has 1 fully saturated rings. The SMILES string of the molecule is CCOC(=O)c1c(NC(=O)C[NH+]2CC(C)OC(C)C2)sc(Br)c1-c1ccc(C)cc1. The number of morpholine rings is 1. The molecule has 2 heterocycles. The van der Waals surface area contributed by atoms with Crippen LogP contribution in [-0.4, -0.2) is 50.3 Å². The molecule has 2 atom stereocenters. The van der Waals surface area contributed by atoms with Crippen molar-refractivity contribution in [3.8, 4) is 11.1 Å². The molecule has 0 saturated carbocycles. The maximum Gasteiger partial charge on any atom is 0.341 e. The summed E-state index contributed by atoms with van der Waals surface area (Å²) in [7, 11) is 0. The summed E-state index contributed by atoms with van der Waals surface area (Å²) in [6.07, 6.45) is 0.242. The molecule has 30 heavy (non-hydrogen) atoms. The van der Waals surface area contributed by atoms with E-state index in [2.05, 4.69) is 21.2 Å². The number of esters is 1. The predicted molar refractivity (Wildman–Crippen MR) is 122 cm³/mol. The molecule has 3 rings (SSSR count). The van der Waals surface area contributed by atoms with Gasteiger partial charge in [-0.2, -0.15) is 0 Å². The number of hydrogen-bond acceptors (Lipinski definition) is 5. The van der Waals surface area contributed by atoms with Crippen molar-refractivity contribution in [3.05, 3.63) is 39.2 Å². The van der Waals surface area contributed by atoms with Gasteiger partial charge >= 0.3 is 5.97 Å². The molecule has 1 aromatic heterocycles. The highest BCUT2D eigenvalue weighted by Gasteiger charge is 2.30. The van der Waals surface area contributed by atoms with Crippen molar-refractivity contribution >= 4 is 44.1 Å². The van der Waals surface area contributed by atoms with E-state index in [4.69, 9.17) is 9.47 Å². The van der Waals surface area contributed by atoms with E-state index in [1.54, 1.807) is 6.92 Å². The summed E-state index contributed by atoms with van der Waals surface area (Å²) in [6, 6.07) is 7.93. The molecule has 0 bridgehead atoms. The van der Waals surface area contributed by atoms with E-state index >= 15 is 0 Å². The highest BCUT2D eigenvalue weighted by molar-refractivity contribution is 9.11. The van der Waals surface area contributed by atoms with E-state index in [1.807, 2.05) is 45.0 Å². The Kier molecular flexibility index (Phi) is 7.68. The van der Waals surface area contributed by atoms with Gasteiger partial charge in [-0.05, 0) is 49.2 Å². The Balaban J connectivity index is 1.86. The van der Waals surface area contributed by atoms with Gasteiger partial charge in [-0.1, -0.05) is 29.8 Å². The number of nitrogens with one attached hydrogen (secondary N) is 2. The Hall–Kier alpha value is -1.74. The second kappa shape index (κ2) is 10.0. The predicted octanol–water partition coefficient (Wildman–Crippen LogP) is 3.29. The zero-order chi connectivity index (χ0) is 21.8. The maximum absolute atomic E-state index is 12.8. The molecule has 2 aromatic rings. The highest BCUT2D eigenvalue weighted by Crippen LogP contribution is 2.44. The van der Waals surface area contributed by atoms with Gasteiger partial charge in [-0.25, -0.2) is 4.79 Å². The van der Waals surface area contributed by atoms with E-state index in [9.17, 15) is 9.59 Å². The van der Waals surface area contributed by atoms with Crippen molar-refractivity contribution in [2.24, 2.45) is 0 Å². The molecule has 162 valence electrons. The van der Waals surface area contributed by atoms with Crippen LogP contribution in [0.3, 0.4) is 0 Å². The Morgan fingerprint density at radius 3 is 2.47 bits per heavy atom. The largest absolute Gasteiger partial charge is 0.462 e. The van der Waals surface area contributed by atoms with Gasteiger partial charge in [0.05, 0.1) is 10.4 Å². The number of benzene rings is 1. The first-order valence-corrected chi connectivity index (χ1v) is 11.7. The van der Waals surface area contributed by atoms with Gasteiger partial charge in [0.1, 0.15) is 35.9 Å². The van der Waals surface area contributed by atoms with Crippen LogP contribution in [0.5, 0.6) is 0 Å². The highest BCUT2D eigenvalue weighted by atomic mass is 79.9. The van der Waals surface area contributed by atoms with Gasteiger partial charge in [0, 0.05) is 5.56 Å². The van der Waals surface area contributed by atoms with Crippen molar-refractivity contribution in [2.45, 2.75) is 39.9 Å². The summed E-state index contributed by atoms with van der Waals surface area (Å²) in [4.78, 5) is 26.8. The van der Waals surface area contributed by atoms with Gasteiger partial charge in [-0.3, -0.25) is 4.79 Å². The molecule has 0 spiro atoms. The number of amides is 1. The van der Waals surface area contributed by atoms with Crippen molar-refractivity contribution in [3.63, 3.8) is 0 Å². The molecular weight excluding hydrogens is 468 g/mol. The number of carbonyl (C=O) groups is 2. The standard InChI is InChI=1S/C22H27BrN2O4S/c1-5-28-22(27)19-18(16-8-6-13(2)7-9-16)20(23)30-21(19)24-17(26)12-25-10-14(3)29-15(4)11-25/h6-9,14-15H,5,10-12H2,1-4H3,(H,24,26)/p+1. The number of rotatable bonds is 6. The molecule has 1 saturated heterocycles. The maximum atomic E-state index is 12.8. The van der Waals surface area contributed by atoms with E-state index in [1.165, 1.54) is 16.2 Å². The summed E-state index contributed by atoms with van der Waals surface area (Å²) in [5.41, 5.74) is 3.17. The third kappa shape index (κ3) is 5.49. The number of hydrogen-bond donors (Lipinski definition) is 2. The third-order valence-corrected chi connectivity index (χ3v) is 6.74. The van der Waals surface area contributed by atoms with Crippen LogP contribution in [0.4, 0.5) is 5.00 Å². The third-order valence-electron chi connectivity index (χ3n) is 4.97. The molecule has 1 aliphatic rings. The molecule has 2 unspecified atom stereocenters. The molecule has 2 N–H and O–H groups in total. The zero-order valence-corrected chi connectivity index (χ0v) is 20.1. The van der Waals surface area contributed by atoms with Crippen LogP contribution in [0.1, 0.15) is 36.7 Å². The molecular formula is C22H28BrN2O4S+. The van der Waals surface area contributed by atoms with Crippen LogP contribution in [0.15, 0.2) is 28.1 Å². The molecule has 1 amide bonds. The van der Waals surface area contributed by atoms with E-state index < -0.39 is 5.97 Å². The first kappa shape index (κ1) is 22.9. The van der Waals surface area contributed by atoms with Crippen LogP contribution in [0, 0.1) is 6.92 Å². The molecule has 0 radical (unpaired) electrons. The van der Waals surface area contributed by atoms with E-state index in [0.717, 1.165) is 33.6 Å². The lowest BCUT2D eigenvalue weighted by Gasteiger charge is -2.31. The molecule has 1 aromatic carbocycles. The number of halogens is 1. The molecule has 8 heteroatoms. The first-order valence-electron chi connectivity index (χ1n) is 10.1. The zero-order valence-electron chi connectivity index (χ0n) is 17.7. The number of anilines is 1. The van der Waals surface area contributed by atoms with Crippen LogP contribution in [-0.2, 0) is 14.3 Å². The summed E-state index contributed by atoms with van der Waals surface area (Å²) < 4.78 is 11.8. The van der Waals surface area contributed by atoms with Crippen LogP contribution in [0.25, 0.3) is 11.1 Å². The molecule has 6 nitrogen and oxygen atoms in total. The summed E-state index contributed by atoms with van der Waals surface area (Å²) in [5, 5.41) is 3.47. The van der Waals surface area contributed by atoms with Crippen LogP contribution in [0.2, 0.25) is 0 Å². The van der Waals surface area contributed by atoms with E-state index in [-0.39, 0.29) is 24.7 Å². The number of ether oxygens (including phenoxy) is 2. The quantitative estimate of drug-likeness (QED) is 0.603. The van der Waals surface area contributed by atoms with Gasteiger partial charge < -0.3 is 19.7 Å². The van der Waals surface area contributed by atoms with Gasteiger partial charge in [-0.15, -0.1) is 11.3 Å². The minimum absolute atomic E-state index is 0.121. The first-order chi connectivity index (χ1) is 14.3. The van der Waals surface area contributed by atoms with Crippen LogP contribution < -0.4 is 10.2 Å². The fourth-order valence-electron chi connectivity index (χ4n) is 3.80. The van der Waals surface area contributed by atoms with Gasteiger partial charge in [0.15, 0.2) is 6.54 Å². The lowest BCUT2D eigenvalue weighted by molar-refractivity contribution is -0.907. The average molecular weight is 496 g/mol. The smallest absolute Gasteiger partial charge is 0.341 e. The Morgan fingerprint density at radius 1 is 1.23 bits per heavy atom. The van der Waals surface area contributed by atoms with Crippen molar-refractivity contribution in [1.29, 1.82) is 0 Å². The topological polar surface area (TPSA) is 69.1 Å². The Morgan fingerprint density at radius 2 is 1.87 bits per heavy atom. The van der Waals surface area contributed by atoms with Crippen LogP contribution >= 0.6 is 27.3 Å². The van der Waals surface area contributed by atoms with E-state index in [0.29, 0.717) is 17.1 Å². The minimum atomic E-state index is -0.439.